The maximum atomic E-state index is 11.9. The smallest absolute Gasteiger partial charge is 0.341 e. The van der Waals surface area contributed by atoms with Gasteiger partial charge in [-0.1, -0.05) is 12.1 Å². The SMILES string of the molecule is CCOC(=O)c1c(C)nn(Cc2ccc(OC)cc2)c1C. The highest BCUT2D eigenvalue weighted by atomic mass is 16.5. The Kier molecular flexibility index (Phi) is 4.62. The Balaban J connectivity index is 2.24. The molecule has 0 radical (unpaired) electrons. The molecule has 0 bridgehead atoms. The third kappa shape index (κ3) is 3.24. The van der Waals surface area contributed by atoms with Gasteiger partial charge in [-0.25, -0.2) is 4.79 Å². The summed E-state index contributed by atoms with van der Waals surface area (Å²) >= 11 is 0. The number of hydrogen-bond acceptors (Lipinski definition) is 4. The molecule has 0 spiro atoms. The summed E-state index contributed by atoms with van der Waals surface area (Å²) in [6.07, 6.45) is 0. The van der Waals surface area contributed by atoms with Crippen LogP contribution in [0, 0.1) is 13.8 Å². The summed E-state index contributed by atoms with van der Waals surface area (Å²) in [5.74, 6) is 0.507. The van der Waals surface area contributed by atoms with Gasteiger partial charge in [0.05, 0.1) is 31.6 Å². The average molecular weight is 288 g/mol. The number of benzene rings is 1. The van der Waals surface area contributed by atoms with Crippen molar-refractivity contribution >= 4 is 5.97 Å². The van der Waals surface area contributed by atoms with Crippen LogP contribution in [0.25, 0.3) is 0 Å². The van der Waals surface area contributed by atoms with Gasteiger partial charge >= 0.3 is 5.97 Å². The van der Waals surface area contributed by atoms with Gasteiger partial charge in [0.1, 0.15) is 11.3 Å². The second-order valence-electron chi connectivity index (χ2n) is 4.77. The minimum Gasteiger partial charge on any atom is -0.497 e. The van der Waals surface area contributed by atoms with E-state index in [0.29, 0.717) is 24.4 Å². The van der Waals surface area contributed by atoms with Gasteiger partial charge in [-0.3, -0.25) is 4.68 Å². The van der Waals surface area contributed by atoms with E-state index < -0.39 is 0 Å². The Morgan fingerprint density at radius 1 is 1.24 bits per heavy atom. The van der Waals surface area contributed by atoms with Gasteiger partial charge in [0.25, 0.3) is 0 Å². The van der Waals surface area contributed by atoms with Crippen LogP contribution in [0.3, 0.4) is 0 Å². The molecule has 112 valence electrons. The van der Waals surface area contributed by atoms with Crippen LogP contribution in [0.4, 0.5) is 0 Å². The van der Waals surface area contributed by atoms with E-state index >= 15 is 0 Å². The molecule has 1 heterocycles. The molecule has 0 saturated heterocycles. The molecule has 0 fully saturated rings. The van der Waals surface area contributed by atoms with Crippen LogP contribution < -0.4 is 4.74 Å². The number of ether oxygens (including phenoxy) is 2. The van der Waals surface area contributed by atoms with Crippen LogP contribution in [0.15, 0.2) is 24.3 Å². The Bertz CT molecular complexity index is 630. The van der Waals surface area contributed by atoms with Gasteiger partial charge in [-0.05, 0) is 38.5 Å². The number of hydrogen-bond donors (Lipinski definition) is 0. The van der Waals surface area contributed by atoms with Crippen molar-refractivity contribution in [3.63, 3.8) is 0 Å². The normalized spacial score (nSPS) is 10.5. The molecule has 0 atom stereocenters. The molecule has 0 amide bonds. The molecule has 5 heteroatoms. The Morgan fingerprint density at radius 2 is 1.90 bits per heavy atom. The van der Waals surface area contributed by atoms with Crippen LogP contribution >= 0.6 is 0 Å². The Hall–Kier alpha value is -2.30. The van der Waals surface area contributed by atoms with Gasteiger partial charge in [-0.15, -0.1) is 0 Å². The first-order valence-corrected chi connectivity index (χ1v) is 6.90. The summed E-state index contributed by atoms with van der Waals surface area (Å²) in [6.45, 7) is 6.47. The summed E-state index contributed by atoms with van der Waals surface area (Å²) in [5, 5.41) is 4.44. The third-order valence-electron chi connectivity index (χ3n) is 3.35. The van der Waals surface area contributed by atoms with Crippen LogP contribution in [0.1, 0.15) is 34.2 Å². The summed E-state index contributed by atoms with van der Waals surface area (Å²) in [5.41, 5.74) is 3.17. The number of carbonyl (C=O) groups is 1. The predicted octanol–water partition coefficient (Wildman–Crippen LogP) is 2.73. The van der Waals surface area contributed by atoms with E-state index in [1.54, 1.807) is 14.0 Å². The fourth-order valence-electron chi connectivity index (χ4n) is 2.25. The second-order valence-corrected chi connectivity index (χ2v) is 4.77. The van der Waals surface area contributed by atoms with Gasteiger partial charge < -0.3 is 9.47 Å². The largest absolute Gasteiger partial charge is 0.497 e. The molecule has 1 aromatic heterocycles. The Morgan fingerprint density at radius 3 is 2.48 bits per heavy atom. The molecule has 21 heavy (non-hydrogen) atoms. The van der Waals surface area contributed by atoms with Gasteiger partial charge in [0.15, 0.2) is 0 Å². The number of esters is 1. The number of aryl methyl sites for hydroxylation is 1. The molecule has 0 aliphatic carbocycles. The molecule has 0 N–H and O–H groups in total. The lowest BCUT2D eigenvalue weighted by molar-refractivity contribution is 0.0524. The van der Waals surface area contributed by atoms with Crippen LogP contribution in [-0.2, 0) is 11.3 Å². The summed E-state index contributed by atoms with van der Waals surface area (Å²) in [4.78, 5) is 11.9. The first-order valence-electron chi connectivity index (χ1n) is 6.90. The van der Waals surface area contributed by atoms with Gasteiger partial charge in [-0.2, -0.15) is 5.10 Å². The average Bonchev–Trinajstić information content (AvgIpc) is 2.74. The number of carbonyl (C=O) groups excluding carboxylic acids is 1. The van der Waals surface area contributed by atoms with Gasteiger partial charge in [0.2, 0.25) is 0 Å². The van der Waals surface area contributed by atoms with Crippen molar-refractivity contribution in [2.45, 2.75) is 27.3 Å². The number of rotatable bonds is 5. The summed E-state index contributed by atoms with van der Waals surface area (Å²) < 4.78 is 12.0. The minimum absolute atomic E-state index is 0.312. The molecule has 0 aliphatic rings. The summed E-state index contributed by atoms with van der Waals surface area (Å²) in [7, 11) is 1.64. The zero-order valence-corrected chi connectivity index (χ0v) is 12.8. The second kappa shape index (κ2) is 6.43. The number of methoxy groups -OCH3 is 1. The summed E-state index contributed by atoms with van der Waals surface area (Å²) in [6, 6.07) is 7.79. The van der Waals surface area contributed by atoms with E-state index in [2.05, 4.69) is 5.10 Å². The van der Waals surface area contributed by atoms with Crippen molar-refractivity contribution in [2.24, 2.45) is 0 Å². The predicted molar refractivity (Wildman–Crippen MR) is 79.8 cm³/mol. The van der Waals surface area contributed by atoms with E-state index in [9.17, 15) is 4.79 Å². The van der Waals surface area contributed by atoms with E-state index in [4.69, 9.17) is 9.47 Å². The quantitative estimate of drug-likeness (QED) is 0.794. The lowest BCUT2D eigenvalue weighted by Crippen LogP contribution is -2.08. The molecule has 2 aromatic rings. The highest BCUT2D eigenvalue weighted by molar-refractivity contribution is 5.91. The minimum atomic E-state index is -0.312. The fraction of sp³-hybridized carbons (Fsp3) is 0.375. The van der Waals surface area contributed by atoms with Crippen molar-refractivity contribution in [1.82, 2.24) is 9.78 Å². The zero-order chi connectivity index (χ0) is 15.4. The molecular formula is C16H20N2O3. The van der Waals surface area contributed by atoms with Crippen LogP contribution in [0.2, 0.25) is 0 Å². The van der Waals surface area contributed by atoms with Crippen molar-refractivity contribution in [1.29, 1.82) is 0 Å². The third-order valence-corrected chi connectivity index (χ3v) is 3.35. The van der Waals surface area contributed by atoms with E-state index in [1.807, 2.05) is 42.8 Å². The topological polar surface area (TPSA) is 53.3 Å². The van der Waals surface area contributed by atoms with Crippen LogP contribution in [-0.4, -0.2) is 29.5 Å². The molecule has 1 aromatic carbocycles. The molecular weight excluding hydrogens is 268 g/mol. The van der Waals surface area contributed by atoms with E-state index in [1.165, 1.54) is 0 Å². The highest BCUT2D eigenvalue weighted by Crippen LogP contribution is 2.17. The number of nitrogens with zero attached hydrogens (tertiary/aromatic N) is 2. The monoisotopic (exact) mass is 288 g/mol. The maximum absolute atomic E-state index is 11.9. The molecule has 5 nitrogen and oxygen atoms in total. The number of aromatic nitrogens is 2. The zero-order valence-electron chi connectivity index (χ0n) is 12.8. The first-order chi connectivity index (χ1) is 10.1. The van der Waals surface area contributed by atoms with Gasteiger partial charge in [0, 0.05) is 0 Å². The lowest BCUT2D eigenvalue weighted by atomic mass is 10.2. The van der Waals surface area contributed by atoms with Crippen molar-refractivity contribution in [3.8, 4) is 5.75 Å². The Labute approximate surface area is 124 Å². The standard InChI is InChI=1S/C16H20N2O3/c1-5-21-16(19)15-11(2)17-18(12(15)3)10-13-6-8-14(20-4)9-7-13/h6-9H,5,10H2,1-4H3. The molecule has 0 unspecified atom stereocenters. The van der Waals surface area contributed by atoms with Crippen molar-refractivity contribution in [2.75, 3.05) is 13.7 Å². The molecule has 0 aliphatic heterocycles. The first kappa shape index (κ1) is 15.1. The van der Waals surface area contributed by atoms with Crippen molar-refractivity contribution in [3.05, 3.63) is 46.8 Å². The highest BCUT2D eigenvalue weighted by Gasteiger charge is 2.19. The molecule has 0 saturated carbocycles. The van der Waals surface area contributed by atoms with E-state index in [0.717, 1.165) is 17.0 Å². The van der Waals surface area contributed by atoms with E-state index in [-0.39, 0.29) is 5.97 Å². The lowest BCUT2D eigenvalue weighted by Gasteiger charge is -2.06. The molecule has 2 rings (SSSR count). The van der Waals surface area contributed by atoms with Crippen LogP contribution in [0.5, 0.6) is 5.75 Å². The fourth-order valence-corrected chi connectivity index (χ4v) is 2.25. The van der Waals surface area contributed by atoms with Crippen molar-refractivity contribution < 1.29 is 14.3 Å². The maximum Gasteiger partial charge on any atom is 0.341 e.